The Morgan fingerprint density at radius 2 is 1.00 bits per heavy atom. The Morgan fingerprint density at radius 3 is 1.84 bits per heavy atom. The van der Waals surface area contributed by atoms with E-state index in [4.69, 9.17) is 8.83 Å². The fourth-order valence-electron chi connectivity index (χ4n) is 8.67. The first-order chi connectivity index (χ1) is 28.3. The molecule has 0 aliphatic rings. The lowest BCUT2D eigenvalue weighted by Crippen LogP contribution is -2.17. The van der Waals surface area contributed by atoms with Crippen LogP contribution in [0.3, 0.4) is 0 Å². The Bertz CT molecular complexity index is 3490. The smallest absolute Gasteiger partial charge is 0.161 e. The van der Waals surface area contributed by atoms with Crippen LogP contribution >= 0.6 is 11.3 Å². The van der Waals surface area contributed by atoms with E-state index >= 15 is 0 Å². The molecule has 268 valence electrons. The molecule has 0 unspecified atom stereocenters. The van der Waals surface area contributed by atoms with Gasteiger partial charge in [0, 0.05) is 59.5 Å². The van der Waals surface area contributed by atoms with Crippen LogP contribution in [0.4, 0.5) is 34.1 Å². The molecule has 0 fully saturated rings. The van der Waals surface area contributed by atoms with Gasteiger partial charge in [-0.2, -0.15) is 0 Å². The number of para-hydroxylation sites is 3. The van der Waals surface area contributed by atoms with Gasteiger partial charge in [0.05, 0.1) is 16.1 Å². The molecule has 0 N–H and O–H groups in total. The first-order valence-corrected chi connectivity index (χ1v) is 20.0. The number of hydrogen-bond donors (Lipinski definition) is 0. The van der Waals surface area contributed by atoms with Crippen molar-refractivity contribution in [2.24, 2.45) is 0 Å². The third-order valence-electron chi connectivity index (χ3n) is 11.2. The van der Waals surface area contributed by atoms with Gasteiger partial charge >= 0.3 is 0 Å². The highest BCUT2D eigenvalue weighted by Gasteiger charge is 2.29. The summed E-state index contributed by atoms with van der Waals surface area (Å²) >= 11 is 1.84. The monoisotopic (exact) mass is 748 g/mol. The van der Waals surface area contributed by atoms with Crippen LogP contribution in [-0.2, 0) is 0 Å². The molecule has 3 heterocycles. The number of rotatable bonds is 6. The average molecular weight is 749 g/mol. The molecule has 0 aliphatic carbocycles. The van der Waals surface area contributed by atoms with E-state index in [1.807, 2.05) is 23.5 Å². The Kier molecular flexibility index (Phi) is 7.06. The van der Waals surface area contributed by atoms with Crippen LogP contribution < -0.4 is 9.80 Å². The van der Waals surface area contributed by atoms with Gasteiger partial charge in [-0.1, -0.05) is 115 Å². The van der Waals surface area contributed by atoms with E-state index in [0.29, 0.717) is 0 Å². The van der Waals surface area contributed by atoms with Crippen molar-refractivity contribution in [3.05, 3.63) is 194 Å². The van der Waals surface area contributed by atoms with Crippen molar-refractivity contribution in [1.82, 2.24) is 0 Å². The summed E-state index contributed by atoms with van der Waals surface area (Å²) in [5.41, 5.74) is 9.49. The number of benzene rings is 9. The number of hydrogen-bond acceptors (Lipinski definition) is 5. The topological polar surface area (TPSA) is 32.8 Å². The Morgan fingerprint density at radius 1 is 0.351 bits per heavy atom. The molecule has 0 bridgehead atoms. The van der Waals surface area contributed by atoms with Gasteiger partial charge < -0.3 is 18.6 Å². The van der Waals surface area contributed by atoms with Gasteiger partial charge in [-0.15, -0.1) is 11.3 Å². The van der Waals surface area contributed by atoms with Gasteiger partial charge in [0.1, 0.15) is 22.4 Å². The van der Waals surface area contributed by atoms with Crippen molar-refractivity contribution in [2.75, 3.05) is 9.80 Å². The van der Waals surface area contributed by atoms with Gasteiger partial charge in [0.2, 0.25) is 0 Å². The molecule has 9 aromatic carbocycles. The van der Waals surface area contributed by atoms with Crippen LogP contribution in [0.15, 0.2) is 203 Å². The molecule has 12 aromatic rings. The van der Waals surface area contributed by atoms with Gasteiger partial charge in [-0.3, -0.25) is 0 Å². The van der Waals surface area contributed by atoms with Crippen molar-refractivity contribution in [3.8, 4) is 0 Å². The highest BCUT2D eigenvalue weighted by atomic mass is 32.1. The third-order valence-corrected chi connectivity index (χ3v) is 12.4. The van der Waals surface area contributed by atoms with Gasteiger partial charge in [-0.25, -0.2) is 0 Å². The van der Waals surface area contributed by atoms with Crippen molar-refractivity contribution in [1.29, 1.82) is 0 Å². The van der Waals surface area contributed by atoms with Crippen LogP contribution in [0.1, 0.15) is 0 Å². The lowest BCUT2D eigenvalue weighted by molar-refractivity contribution is 0.669. The Balaban J connectivity index is 1.23. The predicted molar refractivity (Wildman–Crippen MR) is 241 cm³/mol. The molecule has 0 saturated heterocycles. The zero-order valence-corrected chi connectivity index (χ0v) is 31.4. The maximum Gasteiger partial charge on any atom is 0.161 e. The predicted octanol–water partition coefficient (Wildman–Crippen LogP) is 15.9. The lowest BCUT2D eigenvalue weighted by Gasteiger charge is -2.33. The van der Waals surface area contributed by atoms with Crippen molar-refractivity contribution >= 4 is 120 Å². The van der Waals surface area contributed by atoms with E-state index in [-0.39, 0.29) is 0 Å². The van der Waals surface area contributed by atoms with Gasteiger partial charge in [0.25, 0.3) is 0 Å². The molecule has 12 rings (SSSR count). The number of nitrogens with zero attached hydrogens (tertiary/aromatic N) is 2. The number of anilines is 6. The Labute approximate surface area is 331 Å². The largest absolute Gasteiger partial charge is 0.456 e. The maximum atomic E-state index is 7.28. The fraction of sp³-hybridized carbons (Fsp3) is 0. The van der Waals surface area contributed by atoms with Crippen LogP contribution in [0, 0.1) is 0 Å². The molecule has 57 heavy (non-hydrogen) atoms. The molecule has 0 amide bonds. The van der Waals surface area contributed by atoms with E-state index in [1.165, 1.54) is 20.2 Å². The second kappa shape index (κ2) is 12.6. The molecule has 0 spiro atoms. The molecule has 4 nitrogen and oxygen atoms in total. The second-order valence-electron chi connectivity index (χ2n) is 14.4. The molecular weight excluding hydrogens is 717 g/mol. The van der Waals surface area contributed by atoms with E-state index in [1.54, 1.807) is 0 Å². The minimum Gasteiger partial charge on any atom is -0.456 e. The third kappa shape index (κ3) is 4.93. The van der Waals surface area contributed by atoms with Crippen molar-refractivity contribution in [2.45, 2.75) is 0 Å². The van der Waals surface area contributed by atoms with Crippen molar-refractivity contribution < 1.29 is 8.83 Å². The molecule has 3 aromatic heterocycles. The summed E-state index contributed by atoms with van der Waals surface area (Å²) in [7, 11) is 0. The summed E-state index contributed by atoms with van der Waals surface area (Å²) in [5.74, 6) is 0. The molecule has 0 radical (unpaired) electrons. The van der Waals surface area contributed by atoms with Crippen LogP contribution in [0.2, 0.25) is 0 Å². The maximum absolute atomic E-state index is 7.28. The molecule has 0 aliphatic heterocycles. The summed E-state index contributed by atoms with van der Waals surface area (Å²) in [5, 5.41) is 9.01. The number of furan rings is 2. The first kappa shape index (κ1) is 32.0. The van der Waals surface area contributed by atoms with E-state index in [9.17, 15) is 0 Å². The fourth-order valence-corrected chi connectivity index (χ4v) is 9.88. The van der Waals surface area contributed by atoms with E-state index < -0.39 is 0 Å². The van der Waals surface area contributed by atoms with Crippen LogP contribution in [0.25, 0.3) is 74.8 Å². The summed E-state index contributed by atoms with van der Waals surface area (Å²) in [6.07, 6.45) is 0. The number of fused-ring (bicyclic) bond motifs is 11. The van der Waals surface area contributed by atoms with Crippen molar-refractivity contribution in [3.63, 3.8) is 0 Å². The molecule has 5 heteroatoms. The standard InChI is InChI=1S/C52H32N2O2S/c1-3-15-34(16-4-1)53(36-27-31-47-43(32-36)38-20-9-11-24-46(38)55-47)49-44(30-29-41-40-28-26-33-14-7-8-19-37(33)50(40)56-51(41)49)54(35-17-5-2-6-18-35)45-23-13-22-42-39-21-10-12-25-48(39)57-52(42)45/h1-32H. The lowest BCUT2D eigenvalue weighted by atomic mass is 10.0. The molecular formula is C52H32N2O2S. The summed E-state index contributed by atoms with van der Waals surface area (Å²) in [4.78, 5) is 4.78. The zero-order chi connectivity index (χ0) is 37.5. The summed E-state index contributed by atoms with van der Waals surface area (Å²) in [6, 6.07) is 68.9. The first-order valence-electron chi connectivity index (χ1n) is 19.2. The Hall–Kier alpha value is -7.34. The quantitative estimate of drug-likeness (QED) is 0.170. The SMILES string of the molecule is c1ccc(N(c2ccc3oc4ccccc4c3c2)c2c(N(c3ccccc3)c3cccc4c3sc3ccccc34)ccc3c2oc2c4ccccc4ccc32)cc1. The number of thiophene rings is 1. The second-order valence-corrected chi connectivity index (χ2v) is 15.5. The highest BCUT2D eigenvalue weighted by Crippen LogP contribution is 2.53. The van der Waals surface area contributed by atoms with Crippen LogP contribution in [0.5, 0.6) is 0 Å². The average Bonchev–Trinajstić information content (AvgIpc) is 3.97. The highest BCUT2D eigenvalue weighted by molar-refractivity contribution is 7.26. The summed E-state index contributed by atoms with van der Waals surface area (Å²) in [6.45, 7) is 0. The summed E-state index contributed by atoms with van der Waals surface area (Å²) < 4.78 is 16.1. The van der Waals surface area contributed by atoms with Gasteiger partial charge in [0.15, 0.2) is 5.58 Å². The minimum absolute atomic E-state index is 0.810. The van der Waals surface area contributed by atoms with E-state index in [0.717, 1.165) is 88.8 Å². The van der Waals surface area contributed by atoms with Crippen LogP contribution in [-0.4, -0.2) is 0 Å². The minimum atomic E-state index is 0.810. The zero-order valence-electron chi connectivity index (χ0n) is 30.6. The van der Waals surface area contributed by atoms with Gasteiger partial charge in [-0.05, 0) is 84.2 Å². The molecule has 0 atom stereocenters. The normalized spacial score (nSPS) is 11.9. The molecule has 0 saturated carbocycles. The van der Waals surface area contributed by atoms with E-state index in [2.05, 4.69) is 192 Å².